The van der Waals surface area contributed by atoms with Crippen LogP contribution in [0.5, 0.6) is 0 Å². The van der Waals surface area contributed by atoms with Gasteiger partial charge in [-0.15, -0.1) is 11.8 Å². The Kier molecular flexibility index (Phi) is 8.66. The molecule has 0 fully saturated rings. The van der Waals surface area contributed by atoms with Crippen molar-refractivity contribution in [3.05, 3.63) is 120 Å². The molecule has 40 heavy (non-hydrogen) atoms. The predicted octanol–water partition coefficient (Wildman–Crippen LogP) is 7.08. The number of thioether (sulfide) groups is 1. The van der Waals surface area contributed by atoms with E-state index in [1.807, 2.05) is 86.0 Å². The molecule has 204 valence electrons. The summed E-state index contributed by atoms with van der Waals surface area (Å²) in [6, 6.07) is 31.6. The van der Waals surface area contributed by atoms with Gasteiger partial charge in [-0.3, -0.25) is 9.69 Å². The molecule has 0 saturated carbocycles. The van der Waals surface area contributed by atoms with Crippen LogP contribution in [0, 0.1) is 0 Å². The van der Waals surface area contributed by atoms with E-state index in [4.69, 9.17) is 4.98 Å². The van der Waals surface area contributed by atoms with E-state index in [0.29, 0.717) is 23.8 Å². The van der Waals surface area contributed by atoms with Crippen molar-refractivity contribution in [3.8, 4) is 0 Å². The van der Waals surface area contributed by atoms with E-state index in [0.717, 1.165) is 26.2 Å². The summed E-state index contributed by atoms with van der Waals surface area (Å²) in [5.74, 6) is -0.242. The molecule has 0 bridgehead atoms. The van der Waals surface area contributed by atoms with Crippen molar-refractivity contribution in [2.24, 2.45) is 0 Å². The molecule has 0 aliphatic heterocycles. The highest BCUT2D eigenvalue weighted by Gasteiger charge is 2.26. The van der Waals surface area contributed by atoms with Crippen LogP contribution in [-0.2, 0) is 23.1 Å². The van der Waals surface area contributed by atoms with Crippen molar-refractivity contribution in [1.82, 2.24) is 9.29 Å². The quantitative estimate of drug-likeness (QED) is 0.163. The smallest absolute Gasteiger partial charge is 0.260 e. The van der Waals surface area contributed by atoms with Crippen molar-refractivity contribution >= 4 is 54.4 Å². The largest absolute Gasteiger partial charge is 0.279 e. The van der Waals surface area contributed by atoms with Gasteiger partial charge in [-0.2, -0.15) is 4.31 Å². The monoisotopic (exact) mass is 587 g/mol. The van der Waals surface area contributed by atoms with Crippen LogP contribution >= 0.6 is 23.1 Å². The third-order valence-corrected chi connectivity index (χ3v) is 10.2. The summed E-state index contributed by atoms with van der Waals surface area (Å²) >= 11 is 3.13. The van der Waals surface area contributed by atoms with Gasteiger partial charge in [-0.1, -0.05) is 78.9 Å². The lowest BCUT2D eigenvalue weighted by Gasteiger charge is -2.22. The number of hydrogen-bond acceptors (Lipinski definition) is 6. The average molecular weight is 588 g/mol. The van der Waals surface area contributed by atoms with Gasteiger partial charge in [-0.05, 0) is 59.8 Å². The van der Waals surface area contributed by atoms with Gasteiger partial charge in [0.25, 0.3) is 5.91 Å². The predicted molar refractivity (Wildman–Crippen MR) is 165 cm³/mol. The molecule has 0 radical (unpaired) electrons. The van der Waals surface area contributed by atoms with Gasteiger partial charge in [0.15, 0.2) is 5.13 Å². The molecule has 0 aliphatic carbocycles. The van der Waals surface area contributed by atoms with E-state index in [1.54, 1.807) is 28.8 Å². The van der Waals surface area contributed by atoms with Crippen LogP contribution in [-0.4, -0.2) is 36.4 Å². The fourth-order valence-electron chi connectivity index (χ4n) is 4.36. The highest BCUT2D eigenvalue weighted by Crippen LogP contribution is 2.33. The highest BCUT2D eigenvalue weighted by molar-refractivity contribution is 7.98. The molecule has 0 spiro atoms. The maximum Gasteiger partial charge on any atom is 0.260 e. The van der Waals surface area contributed by atoms with Crippen LogP contribution in [0.2, 0.25) is 0 Å². The molecule has 0 saturated heterocycles. The molecular weight excluding hydrogens is 559 g/mol. The van der Waals surface area contributed by atoms with Crippen LogP contribution in [0.1, 0.15) is 28.4 Å². The fourth-order valence-corrected chi connectivity index (χ4v) is 7.31. The number of carbonyl (C=O) groups is 1. The Morgan fingerprint density at radius 1 is 0.850 bits per heavy atom. The lowest BCUT2D eigenvalue weighted by atomic mass is 10.1. The summed E-state index contributed by atoms with van der Waals surface area (Å²) in [7, 11) is -3.74. The Labute approximate surface area is 243 Å². The standard InChI is InChI=1S/C31H29N3O3S3/c1-3-33(21-23-10-6-4-7-11-23)40(36,37)27-17-14-25(15-18-27)30(35)34(22-24-12-8-5-9-13-24)31-32-28-19-16-26(38-2)20-29(28)39-31/h4-20H,3,21-22H2,1-2H3. The molecule has 1 heterocycles. The molecular formula is C31H29N3O3S3. The van der Waals surface area contributed by atoms with E-state index < -0.39 is 10.0 Å². The molecule has 5 aromatic rings. The number of hydrogen-bond donors (Lipinski definition) is 0. The fraction of sp³-hybridized carbons (Fsp3) is 0.161. The molecule has 5 rings (SSSR count). The molecule has 9 heteroatoms. The van der Waals surface area contributed by atoms with Crippen LogP contribution in [0.4, 0.5) is 5.13 Å². The van der Waals surface area contributed by atoms with Crippen molar-refractivity contribution in [2.75, 3.05) is 17.7 Å². The summed E-state index contributed by atoms with van der Waals surface area (Å²) in [5, 5.41) is 0.596. The second-order valence-corrected chi connectivity index (χ2v) is 13.0. The number of sulfonamides is 1. The number of nitrogens with zero attached hydrogens (tertiary/aromatic N) is 3. The first-order valence-corrected chi connectivity index (χ1v) is 16.3. The molecule has 1 aromatic heterocycles. The van der Waals surface area contributed by atoms with E-state index in [2.05, 4.69) is 6.07 Å². The Morgan fingerprint density at radius 3 is 2.08 bits per heavy atom. The second-order valence-electron chi connectivity index (χ2n) is 9.15. The zero-order chi connectivity index (χ0) is 28.1. The number of anilines is 1. The zero-order valence-electron chi connectivity index (χ0n) is 22.2. The van der Waals surface area contributed by atoms with Gasteiger partial charge in [0.1, 0.15) is 0 Å². The van der Waals surface area contributed by atoms with Crippen molar-refractivity contribution in [3.63, 3.8) is 0 Å². The van der Waals surface area contributed by atoms with E-state index in [-0.39, 0.29) is 17.3 Å². The maximum atomic E-state index is 13.9. The SMILES string of the molecule is CCN(Cc1ccccc1)S(=O)(=O)c1ccc(C(=O)N(Cc2ccccc2)c2nc3ccc(SC)cc3s2)cc1. The van der Waals surface area contributed by atoms with Crippen molar-refractivity contribution in [2.45, 2.75) is 29.8 Å². The minimum absolute atomic E-state index is 0.154. The molecule has 0 atom stereocenters. The molecule has 0 N–H and O–H groups in total. The van der Waals surface area contributed by atoms with Gasteiger partial charge in [0.2, 0.25) is 10.0 Å². The topological polar surface area (TPSA) is 70.6 Å². The number of fused-ring (bicyclic) bond motifs is 1. The number of carbonyl (C=O) groups excluding carboxylic acids is 1. The van der Waals surface area contributed by atoms with Crippen molar-refractivity contribution < 1.29 is 13.2 Å². The lowest BCUT2D eigenvalue weighted by molar-refractivity contribution is 0.0985. The highest BCUT2D eigenvalue weighted by atomic mass is 32.2. The average Bonchev–Trinajstić information content (AvgIpc) is 3.42. The first kappa shape index (κ1) is 28.0. The molecule has 6 nitrogen and oxygen atoms in total. The lowest BCUT2D eigenvalue weighted by Crippen LogP contribution is -2.31. The Balaban J connectivity index is 1.44. The Morgan fingerprint density at radius 2 is 1.48 bits per heavy atom. The number of aromatic nitrogens is 1. The first-order valence-electron chi connectivity index (χ1n) is 12.8. The Hall–Kier alpha value is -3.50. The third kappa shape index (κ3) is 6.13. The molecule has 1 amide bonds. The zero-order valence-corrected chi connectivity index (χ0v) is 24.7. The summed E-state index contributed by atoms with van der Waals surface area (Å²) in [4.78, 5) is 21.6. The second kappa shape index (κ2) is 12.3. The normalized spacial score (nSPS) is 11.7. The minimum Gasteiger partial charge on any atom is -0.279 e. The summed E-state index contributed by atoms with van der Waals surface area (Å²) in [5.41, 5.74) is 3.11. The van der Waals surface area contributed by atoms with Crippen LogP contribution in [0.25, 0.3) is 10.2 Å². The summed E-state index contributed by atoms with van der Waals surface area (Å²) in [6.07, 6.45) is 2.03. The van der Waals surface area contributed by atoms with E-state index >= 15 is 0 Å². The van der Waals surface area contributed by atoms with Gasteiger partial charge < -0.3 is 0 Å². The maximum absolute atomic E-state index is 13.9. The number of thiazole rings is 1. The molecule has 0 unspecified atom stereocenters. The summed E-state index contributed by atoms with van der Waals surface area (Å²) in [6.45, 7) is 2.77. The number of rotatable bonds is 10. The van der Waals surface area contributed by atoms with Crippen molar-refractivity contribution in [1.29, 1.82) is 0 Å². The van der Waals surface area contributed by atoms with E-state index in [9.17, 15) is 13.2 Å². The van der Waals surface area contributed by atoms with E-state index in [1.165, 1.54) is 27.8 Å². The Bertz CT molecular complexity index is 1710. The van der Waals surface area contributed by atoms with Gasteiger partial charge in [-0.25, -0.2) is 13.4 Å². The first-order chi connectivity index (χ1) is 19.4. The van der Waals surface area contributed by atoms with Crippen LogP contribution < -0.4 is 4.90 Å². The summed E-state index contributed by atoms with van der Waals surface area (Å²) < 4.78 is 29.3. The minimum atomic E-state index is -3.74. The number of amides is 1. The number of benzene rings is 4. The third-order valence-electron chi connectivity index (χ3n) is 6.54. The van der Waals surface area contributed by atoms with Gasteiger partial charge in [0, 0.05) is 23.5 Å². The molecule has 0 aliphatic rings. The van der Waals surface area contributed by atoms with Gasteiger partial charge in [0.05, 0.1) is 21.7 Å². The van der Waals surface area contributed by atoms with Gasteiger partial charge >= 0.3 is 0 Å². The van der Waals surface area contributed by atoms with Crippen LogP contribution in [0.3, 0.4) is 0 Å². The molecule has 4 aromatic carbocycles. The van der Waals surface area contributed by atoms with Crippen LogP contribution in [0.15, 0.2) is 113 Å².